The monoisotopic (exact) mass is 142 g/mol. The summed E-state index contributed by atoms with van der Waals surface area (Å²) >= 11 is 0. The van der Waals surface area contributed by atoms with Crippen molar-refractivity contribution in [3.8, 4) is 0 Å². The molecule has 1 amide bonds. The van der Waals surface area contributed by atoms with Gasteiger partial charge in [-0.05, 0) is 0 Å². The van der Waals surface area contributed by atoms with E-state index in [1.54, 1.807) is 11.9 Å². The Hall–Kier alpha value is -0.570. The van der Waals surface area contributed by atoms with Crippen LogP contribution in [0.5, 0.6) is 0 Å². The van der Waals surface area contributed by atoms with Crippen LogP contribution in [0.2, 0.25) is 0 Å². The Morgan fingerprint density at radius 3 is 2.30 bits per heavy atom. The molecular formula is C7H14N2O. The van der Waals surface area contributed by atoms with Gasteiger partial charge in [-0.25, -0.2) is 0 Å². The van der Waals surface area contributed by atoms with E-state index in [1.807, 2.05) is 13.8 Å². The van der Waals surface area contributed by atoms with E-state index in [1.165, 1.54) is 0 Å². The summed E-state index contributed by atoms with van der Waals surface area (Å²) in [5, 5.41) is 0. The molecule has 58 valence electrons. The number of carbonyl (C=O) groups is 1. The lowest BCUT2D eigenvalue weighted by Crippen LogP contribution is -2.38. The third-order valence-electron chi connectivity index (χ3n) is 2.13. The predicted molar refractivity (Wildman–Crippen MR) is 39.4 cm³/mol. The first-order valence-corrected chi connectivity index (χ1v) is 3.46. The molecule has 3 nitrogen and oxygen atoms in total. The fourth-order valence-corrected chi connectivity index (χ4v) is 1.36. The van der Waals surface area contributed by atoms with Crippen molar-refractivity contribution in [1.82, 2.24) is 4.90 Å². The van der Waals surface area contributed by atoms with E-state index in [4.69, 9.17) is 5.73 Å². The van der Waals surface area contributed by atoms with Crippen LogP contribution in [-0.4, -0.2) is 30.4 Å². The minimum Gasteiger partial charge on any atom is -0.344 e. The van der Waals surface area contributed by atoms with Crippen LogP contribution in [0.4, 0.5) is 0 Å². The molecule has 1 aliphatic rings. The molecule has 1 heterocycles. The molecule has 0 spiro atoms. The Kier molecular flexibility index (Phi) is 1.47. The summed E-state index contributed by atoms with van der Waals surface area (Å²) in [5.74, 6) is 0.0602. The van der Waals surface area contributed by atoms with Gasteiger partial charge in [0, 0.05) is 19.0 Å². The minimum absolute atomic E-state index is 0.0498. The molecule has 1 rings (SSSR count). The molecule has 1 unspecified atom stereocenters. The van der Waals surface area contributed by atoms with Gasteiger partial charge in [0.1, 0.15) is 0 Å². The first-order valence-electron chi connectivity index (χ1n) is 3.46. The number of likely N-dealkylation sites (tertiary alicyclic amines) is 1. The summed E-state index contributed by atoms with van der Waals surface area (Å²) in [7, 11) is 1.79. The van der Waals surface area contributed by atoms with Gasteiger partial charge in [0.15, 0.2) is 0 Å². The second-order valence-electron chi connectivity index (χ2n) is 3.66. The van der Waals surface area contributed by atoms with Crippen LogP contribution >= 0.6 is 0 Å². The first-order chi connectivity index (χ1) is 4.45. The highest BCUT2D eigenvalue weighted by atomic mass is 16.2. The van der Waals surface area contributed by atoms with Crippen molar-refractivity contribution < 1.29 is 4.79 Å². The topological polar surface area (TPSA) is 46.3 Å². The summed E-state index contributed by atoms with van der Waals surface area (Å²) in [5.41, 5.74) is 5.61. The van der Waals surface area contributed by atoms with Crippen LogP contribution < -0.4 is 5.73 Å². The lowest BCUT2D eigenvalue weighted by Gasteiger charge is -2.19. The van der Waals surface area contributed by atoms with Gasteiger partial charge in [-0.1, -0.05) is 13.8 Å². The molecule has 1 fully saturated rings. The minimum atomic E-state index is -0.308. The Morgan fingerprint density at radius 2 is 2.20 bits per heavy atom. The Morgan fingerprint density at radius 1 is 1.70 bits per heavy atom. The second-order valence-corrected chi connectivity index (χ2v) is 3.66. The van der Waals surface area contributed by atoms with Crippen molar-refractivity contribution in [2.75, 3.05) is 13.6 Å². The fraction of sp³-hybridized carbons (Fsp3) is 0.857. The zero-order valence-electron chi connectivity index (χ0n) is 6.72. The normalized spacial score (nSPS) is 31.4. The number of nitrogens with two attached hydrogens (primary N) is 1. The summed E-state index contributed by atoms with van der Waals surface area (Å²) in [6.07, 6.45) is 0. The van der Waals surface area contributed by atoms with Crippen LogP contribution in [0.25, 0.3) is 0 Å². The fourth-order valence-electron chi connectivity index (χ4n) is 1.36. The van der Waals surface area contributed by atoms with Gasteiger partial charge in [0.05, 0.1) is 6.04 Å². The SMILES string of the molecule is CN1CC(C)(C)C(N)C1=O. The van der Waals surface area contributed by atoms with Gasteiger partial charge >= 0.3 is 0 Å². The summed E-state index contributed by atoms with van der Waals surface area (Å²) in [6, 6.07) is -0.308. The van der Waals surface area contributed by atoms with Crippen molar-refractivity contribution in [2.45, 2.75) is 19.9 Å². The maximum atomic E-state index is 11.1. The highest BCUT2D eigenvalue weighted by molar-refractivity contribution is 5.84. The van der Waals surface area contributed by atoms with E-state index in [0.29, 0.717) is 0 Å². The molecule has 0 aromatic carbocycles. The Bertz CT molecular complexity index is 165. The van der Waals surface area contributed by atoms with Crippen LogP contribution in [0.3, 0.4) is 0 Å². The van der Waals surface area contributed by atoms with Crippen molar-refractivity contribution in [3.63, 3.8) is 0 Å². The standard InChI is InChI=1S/C7H14N2O/c1-7(2)4-9(3)6(10)5(7)8/h5H,4,8H2,1-3H3. The summed E-state index contributed by atoms with van der Waals surface area (Å²) < 4.78 is 0. The van der Waals surface area contributed by atoms with E-state index < -0.39 is 0 Å². The van der Waals surface area contributed by atoms with Crippen LogP contribution in [0.15, 0.2) is 0 Å². The Labute approximate surface area is 61.2 Å². The molecule has 0 radical (unpaired) electrons. The quantitative estimate of drug-likeness (QED) is 0.509. The average Bonchev–Trinajstić information content (AvgIpc) is 1.95. The van der Waals surface area contributed by atoms with E-state index in [2.05, 4.69) is 0 Å². The predicted octanol–water partition coefficient (Wildman–Crippen LogP) is -0.188. The van der Waals surface area contributed by atoms with E-state index in [-0.39, 0.29) is 17.4 Å². The zero-order valence-corrected chi connectivity index (χ0v) is 6.72. The highest BCUT2D eigenvalue weighted by Crippen LogP contribution is 2.27. The van der Waals surface area contributed by atoms with E-state index >= 15 is 0 Å². The summed E-state index contributed by atoms with van der Waals surface area (Å²) in [6.45, 7) is 4.80. The lowest BCUT2D eigenvalue weighted by molar-refractivity contribution is -0.127. The number of amides is 1. The number of carbonyl (C=O) groups excluding carboxylic acids is 1. The molecule has 0 aromatic rings. The maximum Gasteiger partial charge on any atom is 0.239 e. The number of rotatable bonds is 0. The molecule has 1 aliphatic heterocycles. The Balaban J connectivity index is 2.81. The molecular weight excluding hydrogens is 128 g/mol. The van der Waals surface area contributed by atoms with Gasteiger partial charge in [-0.2, -0.15) is 0 Å². The third-order valence-corrected chi connectivity index (χ3v) is 2.13. The number of likely N-dealkylation sites (N-methyl/N-ethyl adjacent to an activating group) is 1. The maximum absolute atomic E-state index is 11.1. The van der Waals surface area contributed by atoms with E-state index in [9.17, 15) is 4.79 Å². The van der Waals surface area contributed by atoms with Crippen molar-refractivity contribution in [2.24, 2.45) is 11.1 Å². The van der Waals surface area contributed by atoms with Gasteiger partial charge in [0.2, 0.25) is 5.91 Å². The molecule has 0 bridgehead atoms. The molecule has 2 N–H and O–H groups in total. The van der Waals surface area contributed by atoms with Crippen LogP contribution in [-0.2, 0) is 4.79 Å². The van der Waals surface area contributed by atoms with Crippen molar-refractivity contribution in [3.05, 3.63) is 0 Å². The molecule has 1 saturated heterocycles. The second kappa shape index (κ2) is 1.95. The van der Waals surface area contributed by atoms with E-state index in [0.717, 1.165) is 6.54 Å². The third kappa shape index (κ3) is 0.904. The van der Waals surface area contributed by atoms with Crippen LogP contribution in [0, 0.1) is 5.41 Å². The molecule has 10 heavy (non-hydrogen) atoms. The number of hydrogen-bond acceptors (Lipinski definition) is 2. The lowest BCUT2D eigenvalue weighted by atomic mass is 9.88. The first kappa shape index (κ1) is 7.54. The van der Waals surface area contributed by atoms with Gasteiger partial charge in [-0.15, -0.1) is 0 Å². The van der Waals surface area contributed by atoms with Gasteiger partial charge < -0.3 is 10.6 Å². The van der Waals surface area contributed by atoms with Crippen molar-refractivity contribution >= 4 is 5.91 Å². The molecule has 0 saturated carbocycles. The smallest absolute Gasteiger partial charge is 0.239 e. The number of nitrogens with zero attached hydrogens (tertiary/aromatic N) is 1. The zero-order chi connectivity index (χ0) is 7.94. The number of hydrogen-bond donors (Lipinski definition) is 1. The summed E-state index contributed by atoms with van der Waals surface area (Å²) in [4.78, 5) is 12.8. The van der Waals surface area contributed by atoms with Crippen molar-refractivity contribution in [1.29, 1.82) is 0 Å². The van der Waals surface area contributed by atoms with Gasteiger partial charge in [-0.3, -0.25) is 4.79 Å². The molecule has 1 atom stereocenters. The highest BCUT2D eigenvalue weighted by Gasteiger charge is 2.41. The molecule has 3 heteroatoms. The largest absolute Gasteiger partial charge is 0.344 e. The molecule has 0 aromatic heterocycles. The van der Waals surface area contributed by atoms with Gasteiger partial charge in [0.25, 0.3) is 0 Å². The molecule has 0 aliphatic carbocycles. The average molecular weight is 142 g/mol. The van der Waals surface area contributed by atoms with Crippen LogP contribution in [0.1, 0.15) is 13.8 Å².